The highest BCUT2D eigenvalue weighted by Crippen LogP contribution is 2.31. The average Bonchev–Trinajstić information content (AvgIpc) is 2.50. The Morgan fingerprint density at radius 2 is 1.50 bits per heavy atom. The van der Waals surface area contributed by atoms with Gasteiger partial charge in [0.05, 0.1) is 0 Å². The lowest BCUT2D eigenvalue weighted by molar-refractivity contribution is 0.479. The van der Waals surface area contributed by atoms with Crippen LogP contribution in [0, 0.1) is 0 Å². The van der Waals surface area contributed by atoms with E-state index in [1.807, 2.05) is 49.5 Å². The smallest absolute Gasteiger partial charge is 0.135 e. The van der Waals surface area contributed by atoms with E-state index in [4.69, 9.17) is 4.74 Å². The number of ether oxygens (including phenoxy) is 1. The number of rotatable bonds is 4. The molecule has 100 valence electrons. The third-order valence-corrected chi connectivity index (χ3v) is 3.31. The molecular formula is C18H17NO. The molecule has 3 rings (SSSR count). The molecule has 0 aromatic heterocycles. The average molecular weight is 263 g/mol. The van der Waals surface area contributed by atoms with E-state index in [0.717, 1.165) is 29.0 Å². The molecule has 20 heavy (non-hydrogen) atoms. The maximum atomic E-state index is 6.14. The van der Waals surface area contributed by atoms with E-state index in [9.17, 15) is 0 Å². The normalized spacial score (nSPS) is 10.7. The first kappa shape index (κ1) is 12.7. The number of nitrogens with one attached hydrogen (secondary N) is 1. The van der Waals surface area contributed by atoms with Crippen molar-refractivity contribution in [2.24, 2.45) is 0 Å². The number of para-hydroxylation sites is 1. The zero-order valence-electron chi connectivity index (χ0n) is 11.5. The molecule has 0 aliphatic rings. The molecule has 0 spiro atoms. The summed E-state index contributed by atoms with van der Waals surface area (Å²) in [5, 5.41) is 5.49. The van der Waals surface area contributed by atoms with Gasteiger partial charge in [-0.05, 0) is 24.6 Å². The lowest BCUT2D eigenvalue weighted by Gasteiger charge is -2.12. The molecule has 3 aromatic rings. The minimum atomic E-state index is 0.793. The van der Waals surface area contributed by atoms with Gasteiger partial charge in [0.25, 0.3) is 0 Å². The molecule has 0 amide bonds. The van der Waals surface area contributed by atoms with Crippen molar-refractivity contribution in [3.63, 3.8) is 0 Å². The van der Waals surface area contributed by atoms with E-state index < -0.39 is 0 Å². The van der Waals surface area contributed by atoms with E-state index in [1.54, 1.807) is 0 Å². The Hall–Kier alpha value is -2.32. The molecule has 0 atom stereocenters. The minimum Gasteiger partial charge on any atom is -0.456 e. The standard InChI is InChI=1S/C18H17NO/c1-19-13-15-8-3-5-11-17(15)20-18-12-6-9-14-7-2-4-10-16(14)18/h2-12,19H,13H2,1H3. The fourth-order valence-electron chi connectivity index (χ4n) is 2.34. The monoisotopic (exact) mass is 263 g/mol. The van der Waals surface area contributed by atoms with Crippen molar-refractivity contribution in [2.75, 3.05) is 7.05 Å². The molecule has 0 heterocycles. The van der Waals surface area contributed by atoms with Gasteiger partial charge in [0, 0.05) is 17.5 Å². The summed E-state index contributed by atoms with van der Waals surface area (Å²) < 4.78 is 6.14. The predicted octanol–water partition coefficient (Wildman–Crippen LogP) is 4.35. The second-order valence-corrected chi connectivity index (χ2v) is 4.72. The summed E-state index contributed by atoms with van der Waals surface area (Å²) in [7, 11) is 1.94. The molecule has 0 unspecified atom stereocenters. The first-order valence-electron chi connectivity index (χ1n) is 6.76. The third kappa shape index (κ3) is 2.51. The predicted molar refractivity (Wildman–Crippen MR) is 83.2 cm³/mol. The van der Waals surface area contributed by atoms with Crippen LogP contribution < -0.4 is 10.1 Å². The highest BCUT2D eigenvalue weighted by atomic mass is 16.5. The summed E-state index contributed by atoms with van der Waals surface area (Å²) in [6.07, 6.45) is 0. The summed E-state index contributed by atoms with van der Waals surface area (Å²) in [6.45, 7) is 0.793. The Morgan fingerprint density at radius 3 is 2.40 bits per heavy atom. The molecule has 0 aliphatic carbocycles. The number of benzene rings is 3. The first-order chi connectivity index (χ1) is 9.88. The molecule has 0 aliphatic heterocycles. The Balaban J connectivity index is 2.01. The van der Waals surface area contributed by atoms with Crippen LogP contribution in [-0.2, 0) is 6.54 Å². The lowest BCUT2D eigenvalue weighted by atomic mass is 10.1. The second-order valence-electron chi connectivity index (χ2n) is 4.72. The van der Waals surface area contributed by atoms with E-state index in [0.29, 0.717) is 0 Å². The Bertz CT molecular complexity index is 716. The van der Waals surface area contributed by atoms with Gasteiger partial charge in [-0.15, -0.1) is 0 Å². The molecule has 2 nitrogen and oxygen atoms in total. The van der Waals surface area contributed by atoms with Crippen molar-refractivity contribution < 1.29 is 4.74 Å². The third-order valence-electron chi connectivity index (χ3n) is 3.31. The van der Waals surface area contributed by atoms with Crippen LogP contribution in [0.1, 0.15) is 5.56 Å². The largest absolute Gasteiger partial charge is 0.456 e. The zero-order valence-corrected chi connectivity index (χ0v) is 11.5. The summed E-state index contributed by atoms with van der Waals surface area (Å²) in [5.74, 6) is 1.80. The molecule has 0 fully saturated rings. The van der Waals surface area contributed by atoms with Gasteiger partial charge in [-0.25, -0.2) is 0 Å². The SMILES string of the molecule is CNCc1ccccc1Oc1cccc2ccccc12. The van der Waals surface area contributed by atoms with Crippen LogP contribution in [0.25, 0.3) is 10.8 Å². The van der Waals surface area contributed by atoms with Crippen molar-refractivity contribution in [3.05, 3.63) is 72.3 Å². The molecule has 0 saturated heterocycles. The molecule has 1 N–H and O–H groups in total. The highest BCUT2D eigenvalue weighted by Gasteiger charge is 2.06. The Kier molecular flexibility index (Phi) is 3.66. The van der Waals surface area contributed by atoms with E-state index in [-0.39, 0.29) is 0 Å². The number of fused-ring (bicyclic) bond motifs is 1. The lowest BCUT2D eigenvalue weighted by Crippen LogP contribution is -2.06. The number of hydrogen-bond donors (Lipinski definition) is 1. The topological polar surface area (TPSA) is 21.3 Å². The Morgan fingerprint density at radius 1 is 0.800 bits per heavy atom. The Labute approximate surface area is 119 Å². The van der Waals surface area contributed by atoms with E-state index in [2.05, 4.69) is 29.6 Å². The van der Waals surface area contributed by atoms with Crippen molar-refractivity contribution >= 4 is 10.8 Å². The maximum absolute atomic E-state index is 6.14. The van der Waals surface area contributed by atoms with Crippen molar-refractivity contribution in [2.45, 2.75) is 6.54 Å². The van der Waals surface area contributed by atoms with Gasteiger partial charge in [0.1, 0.15) is 11.5 Å². The quantitative estimate of drug-likeness (QED) is 0.755. The maximum Gasteiger partial charge on any atom is 0.135 e. The molecule has 2 heteroatoms. The van der Waals surface area contributed by atoms with Gasteiger partial charge in [-0.2, -0.15) is 0 Å². The van der Waals surface area contributed by atoms with Crippen molar-refractivity contribution in [1.82, 2.24) is 5.32 Å². The van der Waals surface area contributed by atoms with Crippen molar-refractivity contribution in [3.8, 4) is 11.5 Å². The summed E-state index contributed by atoms with van der Waals surface area (Å²) >= 11 is 0. The van der Waals surface area contributed by atoms with E-state index in [1.165, 1.54) is 5.39 Å². The van der Waals surface area contributed by atoms with E-state index >= 15 is 0 Å². The molecule has 0 saturated carbocycles. The van der Waals surface area contributed by atoms with Crippen LogP contribution in [0.5, 0.6) is 11.5 Å². The molecule has 3 aromatic carbocycles. The fraction of sp³-hybridized carbons (Fsp3) is 0.111. The molecule has 0 radical (unpaired) electrons. The minimum absolute atomic E-state index is 0.793. The first-order valence-corrected chi connectivity index (χ1v) is 6.76. The van der Waals surface area contributed by atoms with Gasteiger partial charge < -0.3 is 10.1 Å². The van der Waals surface area contributed by atoms with Crippen LogP contribution in [0.15, 0.2) is 66.7 Å². The summed E-state index contributed by atoms with van der Waals surface area (Å²) in [4.78, 5) is 0. The van der Waals surface area contributed by atoms with Crippen LogP contribution in [0.3, 0.4) is 0 Å². The van der Waals surface area contributed by atoms with Gasteiger partial charge in [-0.1, -0.05) is 54.6 Å². The highest BCUT2D eigenvalue weighted by molar-refractivity contribution is 5.88. The fourth-order valence-corrected chi connectivity index (χ4v) is 2.34. The van der Waals surface area contributed by atoms with Gasteiger partial charge in [0.15, 0.2) is 0 Å². The van der Waals surface area contributed by atoms with Crippen LogP contribution in [0.2, 0.25) is 0 Å². The van der Waals surface area contributed by atoms with Crippen LogP contribution in [0.4, 0.5) is 0 Å². The molecular weight excluding hydrogens is 246 g/mol. The zero-order chi connectivity index (χ0) is 13.8. The van der Waals surface area contributed by atoms with Gasteiger partial charge in [0.2, 0.25) is 0 Å². The van der Waals surface area contributed by atoms with Crippen LogP contribution in [-0.4, -0.2) is 7.05 Å². The molecule has 0 bridgehead atoms. The second kappa shape index (κ2) is 5.76. The summed E-state index contributed by atoms with van der Waals surface area (Å²) in [5.41, 5.74) is 1.16. The van der Waals surface area contributed by atoms with Crippen LogP contribution >= 0.6 is 0 Å². The van der Waals surface area contributed by atoms with Gasteiger partial charge >= 0.3 is 0 Å². The summed E-state index contributed by atoms with van der Waals surface area (Å²) in [6, 6.07) is 22.5. The number of hydrogen-bond acceptors (Lipinski definition) is 2. The van der Waals surface area contributed by atoms with Crippen molar-refractivity contribution in [1.29, 1.82) is 0 Å². The van der Waals surface area contributed by atoms with Gasteiger partial charge in [-0.3, -0.25) is 0 Å².